The van der Waals surface area contributed by atoms with E-state index in [9.17, 15) is 14.9 Å². The topological polar surface area (TPSA) is 76.0 Å². The third-order valence-corrected chi connectivity index (χ3v) is 4.58. The smallest absolute Gasteiger partial charge is 0.280 e. The Morgan fingerprint density at radius 2 is 1.57 bits per heavy atom. The van der Waals surface area contributed by atoms with Gasteiger partial charge in [-0.2, -0.15) is 0 Å². The van der Waals surface area contributed by atoms with Crippen LogP contribution in [-0.2, 0) is 0 Å². The number of nitro groups is 1. The zero-order chi connectivity index (χ0) is 19.5. The molecule has 5 nitrogen and oxygen atoms in total. The van der Waals surface area contributed by atoms with E-state index >= 15 is 0 Å². The molecule has 0 spiro atoms. The molecule has 1 heterocycles. The molecule has 1 aromatic heterocycles. The number of nitrogens with zero attached hydrogens (tertiary/aromatic N) is 1. The maximum atomic E-state index is 12.6. The quantitative estimate of drug-likeness (QED) is 0.214. The summed E-state index contributed by atoms with van der Waals surface area (Å²) in [6, 6.07) is 23.6. The molecule has 4 aromatic rings. The first-order valence-corrected chi connectivity index (χ1v) is 8.77. The van der Waals surface area contributed by atoms with Crippen molar-refractivity contribution < 1.29 is 9.72 Å². The van der Waals surface area contributed by atoms with Crippen molar-refractivity contribution in [2.75, 3.05) is 0 Å². The van der Waals surface area contributed by atoms with Gasteiger partial charge < -0.3 is 4.98 Å². The lowest BCUT2D eigenvalue weighted by Gasteiger charge is -2.01. The van der Waals surface area contributed by atoms with Crippen LogP contribution in [0.2, 0.25) is 0 Å². The summed E-state index contributed by atoms with van der Waals surface area (Å²) in [5, 5.41) is 12.2. The average Bonchev–Trinajstić information content (AvgIpc) is 3.11. The Hall–Kier alpha value is -3.99. The molecule has 0 aliphatic rings. The predicted molar refractivity (Wildman–Crippen MR) is 110 cm³/mol. The number of benzene rings is 3. The normalized spacial score (nSPS) is 11.1. The number of allylic oxidation sites excluding steroid dienone is 1. The summed E-state index contributed by atoms with van der Waals surface area (Å²) >= 11 is 0. The molecule has 0 radical (unpaired) electrons. The molecule has 0 saturated carbocycles. The third-order valence-electron chi connectivity index (χ3n) is 4.58. The van der Waals surface area contributed by atoms with Gasteiger partial charge in [-0.1, -0.05) is 60.7 Å². The Morgan fingerprint density at radius 1 is 0.893 bits per heavy atom. The first kappa shape index (κ1) is 17.4. The number of carbonyl (C=O) groups is 1. The fourth-order valence-electron chi connectivity index (χ4n) is 3.26. The van der Waals surface area contributed by atoms with E-state index in [2.05, 4.69) is 4.98 Å². The minimum Gasteiger partial charge on any atom is -0.354 e. The number of fused-ring (bicyclic) bond motifs is 1. The van der Waals surface area contributed by atoms with Gasteiger partial charge >= 0.3 is 0 Å². The summed E-state index contributed by atoms with van der Waals surface area (Å²) in [7, 11) is 0. The number of hydrogen-bond acceptors (Lipinski definition) is 3. The van der Waals surface area contributed by atoms with Crippen LogP contribution in [0.25, 0.3) is 28.2 Å². The molecular weight excluding hydrogens is 352 g/mol. The van der Waals surface area contributed by atoms with Crippen LogP contribution in [0.1, 0.15) is 15.9 Å². The molecule has 3 aromatic carbocycles. The van der Waals surface area contributed by atoms with E-state index in [1.165, 1.54) is 18.2 Å². The number of para-hydroxylation sites is 2. The van der Waals surface area contributed by atoms with Crippen molar-refractivity contribution in [1.82, 2.24) is 4.98 Å². The highest BCUT2D eigenvalue weighted by atomic mass is 16.6. The largest absolute Gasteiger partial charge is 0.354 e. The van der Waals surface area contributed by atoms with Gasteiger partial charge in [0.05, 0.1) is 16.2 Å². The minimum atomic E-state index is -0.540. The number of carbonyl (C=O) groups excluding carboxylic acids is 1. The summed E-state index contributed by atoms with van der Waals surface area (Å²) in [5.41, 5.74) is 3.60. The molecule has 0 aliphatic carbocycles. The minimum absolute atomic E-state index is 0.0739. The molecule has 28 heavy (non-hydrogen) atoms. The Labute approximate surface area is 161 Å². The molecular formula is C23H16N2O3. The van der Waals surface area contributed by atoms with Crippen LogP contribution >= 0.6 is 0 Å². The Balaban J connectivity index is 1.80. The van der Waals surface area contributed by atoms with Gasteiger partial charge in [-0.15, -0.1) is 0 Å². The van der Waals surface area contributed by atoms with Gasteiger partial charge in [0.2, 0.25) is 0 Å². The van der Waals surface area contributed by atoms with E-state index in [1.807, 2.05) is 54.6 Å². The highest BCUT2D eigenvalue weighted by Crippen LogP contribution is 2.31. The maximum absolute atomic E-state index is 12.6. The van der Waals surface area contributed by atoms with Gasteiger partial charge in [0.1, 0.15) is 0 Å². The van der Waals surface area contributed by atoms with Crippen molar-refractivity contribution in [3.8, 4) is 11.3 Å². The van der Waals surface area contributed by atoms with E-state index in [4.69, 9.17) is 0 Å². The predicted octanol–water partition coefficient (Wildman–Crippen LogP) is 5.64. The summed E-state index contributed by atoms with van der Waals surface area (Å²) < 4.78 is 0. The molecule has 0 bridgehead atoms. The van der Waals surface area contributed by atoms with Crippen molar-refractivity contribution in [2.24, 2.45) is 0 Å². The van der Waals surface area contributed by atoms with Crippen molar-refractivity contribution in [2.45, 2.75) is 0 Å². The molecule has 0 saturated heterocycles. The standard InChI is InChI=1S/C23H16N2O3/c26-22(19-11-5-7-13-21(19)25(27)28)15-14-18-17-10-4-6-12-20(17)24-23(18)16-8-2-1-3-9-16/h1-15,24H/b15-14+. The SMILES string of the molecule is O=C(/C=C/c1c(-c2ccccc2)[nH]c2ccccc12)c1ccccc1[N+](=O)[O-]. The lowest BCUT2D eigenvalue weighted by Crippen LogP contribution is -2.00. The fourth-order valence-corrected chi connectivity index (χ4v) is 3.26. The second-order valence-electron chi connectivity index (χ2n) is 6.30. The van der Waals surface area contributed by atoms with E-state index in [-0.39, 0.29) is 11.3 Å². The number of aromatic amines is 1. The average molecular weight is 368 g/mol. The van der Waals surface area contributed by atoms with Crippen molar-refractivity contribution in [3.05, 3.63) is 106 Å². The molecule has 0 atom stereocenters. The van der Waals surface area contributed by atoms with E-state index in [1.54, 1.807) is 18.2 Å². The molecule has 1 N–H and O–H groups in total. The Bertz CT molecular complexity index is 1210. The summed E-state index contributed by atoms with van der Waals surface area (Å²) in [6.45, 7) is 0. The van der Waals surface area contributed by atoms with Gasteiger partial charge in [0.15, 0.2) is 5.78 Å². The van der Waals surface area contributed by atoms with Crippen LogP contribution in [0.5, 0.6) is 0 Å². The van der Waals surface area contributed by atoms with Crippen LogP contribution in [0.15, 0.2) is 84.9 Å². The van der Waals surface area contributed by atoms with Crippen LogP contribution in [-0.4, -0.2) is 15.7 Å². The molecule has 4 rings (SSSR count). The lowest BCUT2D eigenvalue weighted by molar-refractivity contribution is -0.385. The Morgan fingerprint density at radius 3 is 2.36 bits per heavy atom. The van der Waals surface area contributed by atoms with Gasteiger partial charge in [0.25, 0.3) is 5.69 Å². The van der Waals surface area contributed by atoms with Crippen molar-refractivity contribution in [1.29, 1.82) is 0 Å². The second kappa shape index (κ2) is 7.32. The van der Waals surface area contributed by atoms with Crippen LogP contribution in [0, 0.1) is 10.1 Å². The fraction of sp³-hybridized carbons (Fsp3) is 0. The molecule has 136 valence electrons. The third kappa shape index (κ3) is 3.21. The number of hydrogen-bond donors (Lipinski definition) is 1. The zero-order valence-electron chi connectivity index (χ0n) is 14.8. The van der Waals surface area contributed by atoms with E-state index in [0.29, 0.717) is 0 Å². The van der Waals surface area contributed by atoms with Gasteiger partial charge in [0, 0.05) is 22.5 Å². The highest BCUT2D eigenvalue weighted by molar-refractivity contribution is 6.11. The lowest BCUT2D eigenvalue weighted by atomic mass is 10.0. The number of H-pyrrole nitrogens is 1. The number of nitrogens with one attached hydrogen (secondary N) is 1. The van der Waals surface area contributed by atoms with Gasteiger partial charge in [-0.3, -0.25) is 14.9 Å². The molecule has 0 fully saturated rings. The Kier molecular flexibility index (Phi) is 4.56. The number of ketones is 1. The van der Waals surface area contributed by atoms with E-state index < -0.39 is 10.7 Å². The molecule has 5 heteroatoms. The van der Waals surface area contributed by atoms with Crippen LogP contribution in [0.4, 0.5) is 5.69 Å². The van der Waals surface area contributed by atoms with Gasteiger partial charge in [-0.05, 0) is 29.8 Å². The zero-order valence-corrected chi connectivity index (χ0v) is 14.8. The molecule has 0 unspecified atom stereocenters. The summed E-state index contributed by atoms with van der Waals surface area (Å²) in [4.78, 5) is 26.7. The first-order chi connectivity index (χ1) is 13.6. The number of rotatable bonds is 5. The molecule has 0 aliphatic heterocycles. The van der Waals surface area contributed by atoms with Gasteiger partial charge in [-0.25, -0.2) is 0 Å². The summed E-state index contributed by atoms with van der Waals surface area (Å²) in [6.07, 6.45) is 3.12. The van der Waals surface area contributed by atoms with E-state index in [0.717, 1.165) is 27.7 Å². The van der Waals surface area contributed by atoms with Crippen LogP contribution in [0.3, 0.4) is 0 Å². The summed E-state index contributed by atoms with van der Waals surface area (Å²) in [5.74, 6) is -0.406. The van der Waals surface area contributed by atoms with Crippen molar-refractivity contribution in [3.63, 3.8) is 0 Å². The van der Waals surface area contributed by atoms with Crippen LogP contribution < -0.4 is 0 Å². The highest BCUT2D eigenvalue weighted by Gasteiger charge is 2.17. The maximum Gasteiger partial charge on any atom is 0.280 e. The monoisotopic (exact) mass is 368 g/mol. The van der Waals surface area contributed by atoms with Crippen molar-refractivity contribution >= 4 is 28.4 Å². The number of nitro benzene ring substituents is 1. The molecule has 0 amide bonds. The number of aromatic nitrogens is 1. The first-order valence-electron chi connectivity index (χ1n) is 8.77. The second-order valence-corrected chi connectivity index (χ2v) is 6.30.